The van der Waals surface area contributed by atoms with Gasteiger partial charge in [0.15, 0.2) is 0 Å². The number of hydrogen-bond donors (Lipinski definition) is 4. The number of phenols is 1. The predicted octanol–water partition coefficient (Wildman–Crippen LogP) is 5.98. The minimum absolute atomic E-state index is 0.0191. The molecule has 2 fully saturated rings. The maximum Gasteiger partial charge on any atom is 0.324 e. The largest absolute Gasteiger partial charge is 0.508 e. The van der Waals surface area contributed by atoms with Gasteiger partial charge in [-0.2, -0.15) is 0 Å². The molecule has 0 spiro atoms. The number of nitrogens with zero attached hydrogens (tertiary/aromatic N) is 4. The molecule has 4 aromatic rings. The molecule has 2 saturated heterocycles. The average Bonchev–Trinajstić information content (AvgIpc) is 3.96. The number of carbonyl (C=O) groups is 5. The molecule has 5 N–H and O–H groups in total. The van der Waals surface area contributed by atoms with Gasteiger partial charge in [-0.25, -0.2) is 5.43 Å². The van der Waals surface area contributed by atoms with Crippen molar-refractivity contribution in [1.82, 2.24) is 30.1 Å². The van der Waals surface area contributed by atoms with E-state index in [-0.39, 0.29) is 55.5 Å². The summed E-state index contributed by atoms with van der Waals surface area (Å²) in [6.45, 7) is 18.2. The third-order valence-electron chi connectivity index (χ3n) is 14.4. The molecule has 0 aliphatic carbocycles. The van der Waals surface area contributed by atoms with Crippen LogP contribution in [0.1, 0.15) is 77.5 Å². The number of esters is 1. The molecule has 0 radical (unpaired) electrons. The normalized spacial score (nSPS) is 20.2. The Kier molecular flexibility index (Phi) is 15.9. The number of likely N-dealkylation sites (N-methyl/N-ethyl adjacent to an activating group) is 1. The number of phenolic OH excluding ortho intramolecular Hbond substituents is 1. The summed E-state index contributed by atoms with van der Waals surface area (Å²) in [7, 11) is 3.31. The van der Waals surface area contributed by atoms with Crippen LogP contribution in [0.15, 0.2) is 73.3 Å². The molecular formula is C55H73N7O8. The Balaban J connectivity index is 1.30. The zero-order valence-electron chi connectivity index (χ0n) is 42.3. The van der Waals surface area contributed by atoms with Gasteiger partial charge in [0, 0.05) is 80.7 Å². The number of ether oxygens (including phenoxy) is 2. The summed E-state index contributed by atoms with van der Waals surface area (Å²) in [5, 5.41) is 16.9. The summed E-state index contributed by atoms with van der Waals surface area (Å²) < 4.78 is 14.1. The van der Waals surface area contributed by atoms with Gasteiger partial charge in [-0.1, -0.05) is 90.6 Å². The zero-order chi connectivity index (χ0) is 50.7. The first-order chi connectivity index (χ1) is 33.3. The first kappa shape index (κ1) is 51.8. The topological polar surface area (TPSA) is 189 Å². The van der Waals surface area contributed by atoms with Crippen LogP contribution in [0.4, 0.5) is 0 Å². The number of amides is 4. The van der Waals surface area contributed by atoms with Gasteiger partial charge in [-0.15, -0.1) is 0 Å². The molecule has 3 aliphatic rings. The summed E-state index contributed by atoms with van der Waals surface area (Å²) in [6.07, 6.45) is 3.55. The van der Waals surface area contributed by atoms with Gasteiger partial charge in [0.25, 0.3) is 0 Å². The van der Waals surface area contributed by atoms with E-state index in [1.165, 1.54) is 16.0 Å². The van der Waals surface area contributed by atoms with Crippen LogP contribution in [0.5, 0.6) is 5.75 Å². The number of likely N-dealkylation sites (tertiary alicyclic amines) is 1. The average molecular weight is 960 g/mol. The van der Waals surface area contributed by atoms with Crippen LogP contribution in [0, 0.1) is 23.2 Å². The van der Waals surface area contributed by atoms with Gasteiger partial charge in [-0.05, 0) is 90.1 Å². The number of methoxy groups -OCH3 is 1. The third-order valence-corrected chi connectivity index (χ3v) is 14.4. The van der Waals surface area contributed by atoms with E-state index in [1.54, 1.807) is 31.2 Å². The molecule has 4 atom stereocenters. The highest BCUT2D eigenvalue weighted by Crippen LogP contribution is 2.45. The number of aromatic hydroxyl groups is 1. The standard InChI is InChI=1S/C55H73N7O8/c1-10-46(64)60-22-19-38(30-60)51(66)59(8)48(34(2)3)50(65)57-29-40-25-35-24-39(27-41(63)26-35)37-17-18-43-45(28-37)61(32-54(4,5)33-70-53(68)44-16-13-21-62(58-44)52(40)67)49(47(43)55(6,7)31-56)42-15-12-11-14-36(42)20-23-69-9/h10-12,14-15,17-18,24,26-28,34,38,40,44,48,58,63H,1,13,16,19-23,25,29-33,56H2,2-9H3,(H,57,65)/t38-,40+,44-,48-/m0/s1. The van der Waals surface area contributed by atoms with Crippen molar-refractivity contribution < 1.29 is 38.6 Å². The molecule has 6 bridgehead atoms. The van der Waals surface area contributed by atoms with Crippen LogP contribution in [0.3, 0.4) is 0 Å². The highest BCUT2D eigenvalue weighted by molar-refractivity contribution is 5.96. The lowest BCUT2D eigenvalue weighted by atomic mass is 9.80. The highest BCUT2D eigenvalue weighted by atomic mass is 16.5. The number of hydrazine groups is 1. The Bertz CT molecular complexity index is 2620. The molecule has 4 amide bonds. The van der Waals surface area contributed by atoms with Crippen molar-refractivity contribution in [2.24, 2.45) is 28.9 Å². The highest BCUT2D eigenvalue weighted by Gasteiger charge is 2.39. The van der Waals surface area contributed by atoms with Crippen LogP contribution in [-0.4, -0.2) is 126 Å². The summed E-state index contributed by atoms with van der Waals surface area (Å²) in [6, 6.07) is 18.4. The maximum atomic E-state index is 14.7. The molecule has 376 valence electrons. The van der Waals surface area contributed by atoms with Crippen LogP contribution < -0.4 is 16.5 Å². The summed E-state index contributed by atoms with van der Waals surface area (Å²) in [5.41, 5.74) is 16.3. The van der Waals surface area contributed by atoms with E-state index in [2.05, 4.69) is 86.0 Å². The predicted molar refractivity (Wildman–Crippen MR) is 271 cm³/mol. The van der Waals surface area contributed by atoms with Gasteiger partial charge in [-0.3, -0.25) is 29.0 Å². The van der Waals surface area contributed by atoms with Gasteiger partial charge >= 0.3 is 5.97 Å². The maximum absolute atomic E-state index is 14.7. The summed E-state index contributed by atoms with van der Waals surface area (Å²) in [4.78, 5) is 72.2. The number of benzene rings is 3. The third kappa shape index (κ3) is 11.1. The van der Waals surface area contributed by atoms with Gasteiger partial charge in [0.2, 0.25) is 23.6 Å². The van der Waals surface area contributed by atoms with Crippen molar-refractivity contribution in [3.05, 3.63) is 90.0 Å². The number of cyclic esters (lactones) is 1. The first-order valence-corrected chi connectivity index (χ1v) is 24.7. The SMILES string of the molecule is C=CC(=O)N1CC[C@H](C(=O)N(C)[C@H](C(=O)NC[C@H]2Cc3cc(O)cc(c3)-c3ccc4c(C(C)(C)CN)c(-c5ccccc5CCOC)n(c4c3)CC(C)(C)COC(=O)[C@@H]3CCCN(N3)C2=O)C(C)C)C1. The fraction of sp³-hybridized carbons (Fsp3) is 0.509. The van der Waals surface area contributed by atoms with E-state index in [4.69, 9.17) is 15.2 Å². The molecule has 3 aromatic carbocycles. The lowest BCUT2D eigenvalue weighted by Gasteiger charge is -2.36. The lowest BCUT2D eigenvalue weighted by molar-refractivity contribution is -0.155. The molecule has 1 aromatic heterocycles. The second-order valence-electron chi connectivity index (χ2n) is 21.3. The second-order valence-corrected chi connectivity index (χ2v) is 21.3. The lowest BCUT2D eigenvalue weighted by Crippen LogP contribution is -2.58. The molecule has 0 saturated carbocycles. The summed E-state index contributed by atoms with van der Waals surface area (Å²) in [5.74, 6) is -3.26. The van der Waals surface area contributed by atoms with Crippen molar-refractivity contribution in [2.45, 2.75) is 97.7 Å². The molecular weight excluding hydrogens is 887 g/mol. The Morgan fingerprint density at radius 3 is 2.54 bits per heavy atom. The molecule has 3 aliphatic heterocycles. The molecule has 15 nitrogen and oxygen atoms in total. The van der Waals surface area contributed by atoms with Gasteiger partial charge in [0.05, 0.1) is 30.7 Å². The first-order valence-electron chi connectivity index (χ1n) is 24.7. The minimum Gasteiger partial charge on any atom is -0.508 e. The van der Waals surface area contributed by atoms with Crippen molar-refractivity contribution in [3.63, 3.8) is 0 Å². The van der Waals surface area contributed by atoms with E-state index in [0.29, 0.717) is 64.0 Å². The van der Waals surface area contributed by atoms with E-state index < -0.39 is 46.6 Å². The van der Waals surface area contributed by atoms with Crippen molar-refractivity contribution >= 4 is 40.5 Å². The van der Waals surface area contributed by atoms with E-state index in [9.17, 15) is 29.1 Å². The number of aromatic nitrogens is 1. The molecule has 4 heterocycles. The quantitative estimate of drug-likeness (QED) is 0.0918. The number of hydrogen-bond acceptors (Lipinski definition) is 10. The Morgan fingerprint density at radius 1 is 1.07 bits per heavy atom. The number of rotatable bonds is 13. The molecule has 0 unspecified atom stereocenters. The smallest absolute Gasteiger partial charge is 0.324 e. The number of fused-ring (bicyclic) bond motifs is 6. The fourth-order valence-electron chi connectivity index (χ4n) is 10.6. The molecule has 7 rings (SSSR count). The van der Waals surface area contributed by atoms with Crippen LogP contribution >= 0.6 is 0 Å². The zero-order valence-corrected chi connectivity index (χ0v) is 42.3. The number of nitrogens with two attached hydrogens (primary N) is 1. The van der Waals surface area contributed by atoms with Crippen molar-refractivity contribution in [1.29, 1.82) is 0 Å². The van der Waals surface area contributed by atoms with E-state index >= 15 is 0 Å². The van der Waals surface area contributed by atoms with E-state index in [1.807, 2.05) is 26.0 Å². The fourth-order valence-corrected chi connectivity index (χ4v) is 10.6. The molecule has 15 heteroatoms. The van der Waals surface area contributed by atoms with Crippen LogP contribution in [0.25, 0.3) is 33.3 Å². The van der Waals surface area contributed by atoms with Crippen molar-refractivity contribution in [3.8, 4) is 28.1 Å². The van der Waals surface area contributed by atoms with Crippen LogP contribution in [-0.2, 0) is 58.2 Å². The van der Waals surface area contributed by atoms with Gasteiger partial charge < -0.3 is 40.0 Å². The second kappa shape index (κ2) is 21.5. The van der Waals surface area contributed by atoms with E-state index in [0.717, 1.165) is 44.4 Å². The van der Waals surface area contributed by atoms with Crippen molar-refractivity contribution in [2.75, 3.05) is 60.1 Å². The Morgan fingerprint density at radius 2 is 1.83 bits per heavy atom. The Labute approximate surface area is 412 Å². The minimum atomic E-state index is -0.862. The Hall–Kier alpha value is -6.03. The number of carbonyl (C=O) groups excluding carboxylic acids is 5. The molecule has 70 heavy (non-hydrogen) atoms. The monoisotopic (exact) mass is 960 g/mol. The summed E-state index contributed by atoms with van der Waals surface area (Å²) >= 11 is 0. The van der Waals surface area contributed by atoms with Crippen LogP contribution in [0.2, 0.25) is 0 Å². The van der Waals surface area contributed by atoms with Gasteiger partial charge in [0.1, 0.15) is 17.8 Å². The number of nitrogens with one attached hydrogen (secondary N) is 2.